The molecule has 0 aliphatic carbocycles. The molecule has 2 saturated heterocycles. The molecular formula is C19H24N4O3. The molecule has 1 aromatic carbocycles. The van der Waals surface area contributed by atoms with Gasteiger partial charge < -0.3 is 5.32 Å². The number of hydrogen-bond acceptors (Lipinski definition) is 4. The predicted octanol–water partition coefficient (Wildman–Crippen LogP) is 1.29. The van der Waals surface area contributed by atoms with Crippen LogP contribution in [0.4, 0.5) is 0 Å². The van der Waals surface area contributed by atoms with E-state index < -0.39 is 0 Å². The molecule has 0 atom stereocenters. The first-order valence-corrected chi connectivity index (χ1v) is 9.28. The van der Waals surface area contributed by atoms with Crippen LogP contribution in [0.15, 0.2) is 16.9 Å². The number of carbonyl (C=O) groups excluding carboxylic acids is 2. The number of piperidine rings is 2. The highest BCUT2D eigenvalue weighted by Gasteiger charge is 2.32. The largest absolute Gasteiger partial charge is 0.348 e. The van der Waals surface area contributed by atoms with Crippen molar-refractivity contribution in [3.05, 3.63) is 33.7 Å². The van der Waals surface area contributed by atoms with Gasteiger partial charge in [-0.25, -0.2) is 4.79 Å². The van der Waals surface area contributed by atoms with E-state index in [4.69, 9.17) is 0 Å². The van der Waals surface area contributed by atoms with Crippen LogP contribution in [0.5, 0.6) is 0 Å². The number of amides is 2. The maximum absolute atomic E-state index is 13.0. The summed E-state index contributed by atoms with van der Waals surface area (Å²) in [6.07, 6.45) is 3.16. The first-order valence-electron chi connectivity index (χ1n) is 9.28. The monoisotopic (exact) mass is 356 g/mol. The van der Waals surface area contributed by atoms with E-state index in [2.05, 4.69) is 11.4 Å². The van der Waals surface area contributed by atoms with Crippen LogP contribution in [0.3, 0.4) is 0 Å². The summed E-state index contributed by atoms with van der Waals surface area (Å²) >= 11 is 0. The Kier molecular flexibility index (Phi) is 4.19. The lowest BCUT2D eigenvalue weighted by Gasteiger charge is -2.26. The molecule has 26 heavy (non-hydrogen) atoms. The number of benzene rings is 1. The Morgan fingerprint density at radius 1 is 1.04 bits per heavy atom. The van der Waals surface area contributed by atoms with Gasteiger partial charge in [0, 0.05) is 19.9 Å². The van der Waals surface area contributed by atoms with Crippen molar-refractivity contribution in [1.29, 1.82) is 0 Å². The zero-order valence-electron chi connectivity index (χ0n) is 15.2. The summed E-state index contributed by atoms with van der Waals surface area (Å²) in [6.45, 7) is 3.90. The highest BCUT2D eigenvalue weighted by atomic mass is 16.2. The minimum absolute atomic E-state index is 0.293. The van der Waals surface area contributed by atoms with E-state index >= 15 is 0 Å². The van der Waals surface area contributed by atoms with Crippen molar-refractivity contribution in [2.24, 2.45) is 7.05 Å². The van der Waals surface area contributed by atoms with Crippen molar-refractivity contribution in [3.8, 4) is 0 Å². The van der Waals surface area contributed by atoms with E-state index in [1.807, 2.05) is 13.0 Å². The molecule has 0 radical (unpaired) electrons. The van der Waals surface area contributed by atoms with Crippen LogP contribution in [0, 0.1) is 6.92 Å². The standard InChI is InChI=1S/C19H24N4O3/c1-12-10-14(13-6-8-20-9-7-13)18-15(11-12)22(19(26)21(18)2)23-16(24)4-3-5-17(23)25/h10-11,13,20H,3-9H2,1-2H3. The number of nitrogens with one attached hydrogen (secondary N) is 1. The van der Waals surface area contributed by atoms with Crippen LogP contribution in [-0.4, -0.2) is 34.1 Å². The molecule has 138 valence electrons. The summed E-state index contributed by atoms with van der Waals surface area (Å²) in [5.74, 6) is -0.241. The lowest BCUT2D eigenvalue weighted by molar-refractivity contribution is -0.131. The molecule has 7 nitrogen and oxygen atoms in total. The Morgan fingerprint density at radius 2 is 1.69 bits per heavy atom. The van der Waals surface area contributed by atoms with Crippen molar-refractivity contribution in [2.45, 2.75) is 44.9 Å². The lowest BCUT2D eigenvalue weighted by Crippen LogP contribution is -2.52. The first kappa shape index (κ1) is 17.0. The second-order valence-electron chi connectivity index (χ2n) is 7.35. The van der Waals surface area contributed by atoms with Crippen molar-refractivity contribution >= 4 is 22.8 Å². The van der Waals surface area contributed by atoms with Gasteiger partial charge in [-0.2, -0.15) is 9.69 Å². The Hall–Kier alpha value is -2.41. The normalized spacial score (nSPS) is 19.5. The molecule has 1 N–H and O–H groups in total. The first-order chi connectivity index (χ1) is 12.5. The number of hydrogen-bond donors (Lipinski definition) is 1. The Balaban J connectivity index is 1.97. The Bertz CT molecular complexity index is 934. The zero-order valence-corrected chi connectivity index (χ0v) is 15.2. The number of imidazole rings is 1. The summed E-state index contributed by atoms with van der Waals surface area (Å²) in [5.41, 5.74) is 3.30. The smallest absolute Gasteiger partial charge is 0.317 e. The molecule has 2 aliphatic heterocycles. The van der Waals surface area contributed by atoms with Crippen molar-refractivity contribution in [1.82, 2.24) is 14.6 Å². The Morgan fingerprint density at radius 3 is 2.35 bits per heavy atom. The van der Waals surface area contributed by atoms with E-state index in [0.717, 1.165) is 47.6 Å². The van der Waals surface area contributed by atoms with E-state index in [1.54, 1.807) is 11.6 Å². The molecule has 3 heterocycles. The summed E-state index contributed by atoms with van der Waals surface area (Å²) in [7, 11) is 1.72. The minimum Gasteiger partial charge on any atom is -0.317 e. The van der Waals surface area contributed by atoms with Gasteiger partial charge in [0.05, 0.1) is 11.0 Å². The van der Waals surface area contributed by atoms with Gasteiger partial charge in [-0.15, -0.1) is 0 Å². The molecule has 0 bridgehead atoms. The number of nitrogens with zero attached hydrogens (tertiary/aromatic N) is 3. The fraction of sp³-hybridized carbons (Fsp3) is 0.526. The van der Waals surface area contributed by atoms with Gasteiger partial charge in [-0.05, 0) is 62.4 Å². The van der Waals surface area contributed by atoms with Crippen LogP contribution < -0.4 is 16.0 Å². The molecule has 0 spiro atoms. The number of fused-ring (bicyclic) bond motifs is 1. The second kappa shape index (κ2) is 6.39. The molecule has 4 rings (SSSR count). The van der Waals surface area contributed by atoms with Crippen LogP contribution in [0.2, 0.25) is 0 Å². The average molecular weight is 356 g/mol. The van der Waals surface area contributed by atoms with Gasteiger partial charge in [0.1, 0.15) is 0 Å². The third-order valence-electron chi connectivity index (χ3n) is 5.53. The molecular weight excluding hydrogens is 332 g/mol. The number of imide groups is 1. The van der Waals surface area contributed by atoms with E-state index in [9.17, 15) is 14.4 Å². The number of aromatic nitrogens is 2. The molecule has 2 fully saturated rings. The van der Waals surface area contributed by atoms with Gasteiger partial charge in [0.25, 0.3) is 0 Å². The van der Waals surface area contributed by atoms with Gasteiger partial charge in [0.2, 0.25) is 11.8 Å². The Labute approximate surface area is 151 Å². The third kappa shape index (κ3) is 2.58. The maximum atomic E-state index is 13.0. The fourth-order valence-electron chi connectivity index (χ4n) is 4.26. The van der Waals surface area contributed by atoms with Crippen LogP contribution >= 0.6 is 0 Å². The van der Waals surface area contributed by atoms with Crippen LogP contribution in [0.25, 0.3) is 11.0 Å². The zero-order chi connectivity index (χ0) is 18.4. The average Bonchev–Trinajstić information content (AvgIpc) is 2.87. The highest BCUT2D eigenvalue weighted by Crippen LogP contribution is 2.32. The van der Waals surface area contributed by atoms with E-state index in [1.165, 1.54) is 4.68 Å². The molecule has 2 aromatic rings. The van der Waals surface area contributed by atoms with Crippen molar-refractivity contribution < 1.29 is 9.59 Å². The van der Waals surface area contributed by atoms with Crippen LogP contribution in [-0.2, 0) is 16.6 Å². The van der Waals surface area contributed by atoms with Crippen molar-refractivity contribution in [2.75, 3.05) is 18.1 Å². The minimum atomic E-state index is -0.343. The maximum Gasteiger partial charge on any atom is 0.348 e. The van der Waals surface area contributed by atoms with Gasteiger partial charge in [-0.1, -0.05) is 6.07 Å². The molecule has 7 heteroatoms. The molecule has 0 saturated carbocycles. The molecule has 0 unspecified atom stereocenters. The van der Waals surface area contributed by atoms with Crippen LogP contribution in [0.1, 0.15) is 49.1 Å². The molecule has 2 aliphatic rings. The number of carbonyl (C=O) groups is 2. The van der Waals surface area contributed by atoms with E-state index in [-0.39, 0.29) is 17.5 Å². The summed E-state index contributed by atoms with van der Waals surface area (Å²) in [4.78, 5) is 37.8. The molecule has 1 aromatic heterocycles. The molecule has 2 amide bonds. The lowest BCUT2D eigenvalue weighted by atomic mass is 9.88. The highest BCUT2D eigenvalue weighted by molar-refractivity contribution is 6.11. The van der Waals surface area contributed by atoms with Gasteiger partial charge in [-0.3, -0.25) is 14.2 Å². The van der Waals surface area contributed by atoms with Gasteiger partial charge >= 0.3 is 5.69 Å². The van der Waals surface area contributed by atoms with Crippen molar-refractivity contribution in [3.63, 3.8) is 0 Å². The van der Waals surface area contributed by atoms with Gasteiger partial charge in [0.15, 0.2) is 0 Å². The third-order valence-corrected chi connectivity index (χ3v) is 5.53. The summed E-state index contributed by atoms with van der Waals surface area (Å²) in [5, 5.41) is 4.43. The topological polar surface area (TPSA) is 76.3 Å². The second-order valence-corrected chi connectivity index (χ2v) is 7.35. The van der Waals surface area contributed by atoms with E-state index in [0.29, 0.717) is 30.7 Å². The number of aryl methyl sites for hydroxylation is 2. The quantitative estimate of drug-likeness (QED) is 0.823. The summed E-state index contributed by atoms with van der Waals surface area (Å²) < 4.78 is 2.87. The summed E-state index contributed by atoms with van der Waals surface area (Å²) in [6, 6.07) is 4.04. The SMILES string of the molecule is Cc1cc(C2CCNCC2)c2c(c1)n(N1C(=O)CCCC1=O)c(=O)n2C. The fourth-order valence-corrected chi connectivity index (χ4v) is 4.26. The predicted molar refractivity (Wildman–Crippen MR) is 98.8 cm³/mol. The number of rotatable bonds is 2.